The van der Waals surface area contributed by atoms with E-state index in [1.165, 1.54) is 4.31 Å². The van der Waals surface area contributed by atoms with Crippen LogP contribution in [0.2, 0.25) is 5.02 Å². The molecule has 3 rings (SSSR count). The molecule has 5 nitrogen and oxygen atoms in total. The molecule has 0 amide bonds. The Morgan fingerprint density at radius 2 is 1.93 bits per heavy atom. The molecule has 1 aliphatic rings. The number of nitrogens with zero attached hydrogens (tertiary/aromatic N) is 1. The summed E-state index contributed by atoms with van der Waals surface area (Å²) >= 11 is 3.77. The fourth-order valence-corrected chi connectivity index (χ4v) is 4.79. The van der Waals surface area contributed by atoms with Crippen molar-refractivity contribution < 1.29 is 18.7 Å². The lowest BCUT2D eigenvalue weighted by molar-refractivity contribution is -0.138. The Bertz CT molecular complexity index is 884. The van der Waals surface area contributed by atoms with Crippen LogP contribution in [0.1, 0.15) is 41.5 Å². The maximum absolute atomic E-state index is 12.0. The maximum Gasteiger partial charge on any atom is 0.310 e. The van der Waals surface area contributed by atoms with E-state index in [4.69, 9.17) is 11.6 Å². The second kappa shape index (κ2) is 8.00. The third kappa shape index (κ3) is 4.03. The lowest BCUT2D eigenvalue weighted by Crippen LogP contribution is -2.41. The van der Waals surface area contributed by atoms with Crippen molar-refractivity contribution in [3.63, 3.8) is 0 Å². The summed E-state index contributed by atoms with van der Waals surface area (Å²) in [4.78, 5) is 11.5. The second-order valence-corrected chi connectivity index (χ2v) is 8.21. The first-order chi connectivity index (χ1) is 12.8. The number of benzene rings is 2. The minimum atomic E-state index is -2.17. The second-order valence-electron chi connectivity index (χ2n) is 6.92. The van der Waals surface area contributed by atoms with Crippen molar-refractivity contribution in [1.29, 1.82) is 0 Å². The van der Waals surface area contributed by atoms with Gasteiger partial charge in [-0.15, -0.1) is 0 Å². The molecule has 2 N–H and O–H groups in total. The number of carboxylic acids is 1. The van der Waals surface area contributed by atoms with E-state index in [1.807, 2.05) is 19.1 Å². The van der Waals surface area contributed by atoms with Gasteiger partial charge in [0.15, 0.2) is 0 Å². The molecule has 0 saturated heterocycles. The van der Waals surface area contributed by atoms with Gasteiger partial charge in [-0.1, -0.05) is 23.7 Å². The van der Waals surface area contributed by atoms with Gasteiger partial charge in [0, 0.05) is 11.1 Å². The van der Waals surface area contributed by atoms with Crippen LogP contribution < -0.4 is 4.31 Å². The predicted octanol–water partition coefficient (Wildman–Crippen LogP) is 4.34. The average Bonchev–Trinajstić information content (AvgIpc) is 2.62. The van der Waals surface area contributed by atoms with E-state index >= 15 is 0 Å². The summed E-state index contributed by atoms with van der Waals surface area (Å²) in [5, 5.41) is 10.0. The smallest absolute Gasteiger partial charge is 0.310 e. The highest BCUT2D eigenvalue weighted by Gasteiger charge is 2.31. The van der Waals surface area contributed by atoms with Crippen molar-refractivity contribution in [3.05, 3.63) is 63.7 Å². The van der Waals surface area contributed by atoms with Crippen molar-refractivity contribution in [2.45, 2.75) is 45.1 Å². The highest BCUT2D eigenvalue weighted by molar-refractivity contribution is 7.80. The van der Waals surface area contributed by atoms with E-state index in [2.05, 4.69) is 0 Å². The van der Waals surface area contributed by atoms with Crippen LogP contribution in [0.3, 0.4) is 0 Å². The first kappa shape index (κ1) is 19.9. The van der Waals surface area contributed by atoms with Gasteiger partial charge in [-0.05, 0) is 79.6 Å². The topological polar surface area (TPSA) is 77.8 Å². The van der Waals surface area contributed by atoms with E-state index in [0.29, 0.717) is 30.0 Å². The fourth-order valence-electron chi connectivity index (χ4n) is 3.92. The normalized spacial score (nSPS) is 18.4. The molecule has 0 heterocycles. The number of carboxylic acid groups (broad SMARTS) is 1. The molecule has 144 valence electrons. The van der Waals surface area contributed by atoms with Crippen molar-refractivity contribution in [2.24, 2.45) is 0 Å². The summed E-state index contributed by atoms with van der Waals surface area (Å²) in [6.45, 7) is 3.64. The maximum atomic E-state index is 12.0. The Labute approximate surface area is 166 Å². The van der Waals surface area contributed by atoms with E-state index < -0.39 is 23.2 Å². The third-order valence-corrected chi connectivity index (χ3v) is 6.34. The molecule has 0 radical (unpaired) electrons. The number of fused-ring (bicyclic) bond motifs is 1. The first-order valence-corrected chi connectivity index (χ1v) is 10.2. The summed E-state index contributed by atoms with van der Waals surface area (Å²) in [5.41, 5.74) is 4.61. The van der Waals surface area contributed by atoms with E-state index in [1.54, 1.807) is 31.2 Å². The standard InChI is InChI=1S/C20H22ClNO4S/c1-12-3-4-14-11-17(9-10-18(14)19(12)13(2)20(23)24)22(27(25)26)16-7-5-15(21)6-8-16/h3-8,13,17H,9-11H2,1-2H3,(H,23,24)(H,25,26). The van der Waals surface area contributed by atoms with Crippen LogP contribution in [0, 0.1) is 6.92 Å². The fraction of sp³-hybridized carbons (Fsp3) is 0.350. The number of aryl methyl sites for hydroxylation is 1. The lowest BCUT2D eigenvalue weighted by atomic mass is 9.80. The van der Waals surface area contributed by atoms with Gasteiger partial charge < -0.3 is 5.11 Å². The zero-order valence-electron chi connectivity index (χ0n) is 15.2. The number of aliphatic carboxylic acids is 1. The van der Waals surface area contributed by atoms with Gasteiger partial charge in [-0.25, -0.2) is 4.21 Å². The number of hydrogen-bond acceptors (Lipinski definition) is 2. The van der Waals surface area contributed by atoms with Crippen LogP contribution in [-0.4, -0.2) is 25.9 Å². The Morgan fingerprint density at radius 3 is 2.52 bits per heavy atom. The summed E-state index contributed by atoms with van der Waals surface area (Å²) in [5.74, 6) is -1.41. The van der Waals surface area contributed by atoms with Crippen LogP contribution in [0.4, 0.5) is 5.69 Å². The molecule has 3 atom stereocenters. The van der Waals surface area contributed by atoms with Gasteiger partial charge in [0.25, 0.3) is 11.3 Å². The van der Waals surface area contributed by atoms with Crippen molar-refractivity contribution >= 4 is 34.5 Å². The Hall–Kier alpha value is -1.89. The predicted molar refractivity (Wildman–Crippen MR) is 108 cm³/mol. The molecule has 0 spiro atoms. The molecule has 0 aliphatic heterocycles. The Morgan fingerprint density at radius 1 is 1.26 bits per heavy atom. The highest BCUT2D eigenvalue weighted by Crippen LogP contribution is 2.35. The Kier molecular flexibility index (Phi) is 5.89. The van der Waals surface area contributed by atoms with Crippen molar-refractivity contribution in [1.82, 2.24) is 0 Å². The van der Waals surface area contributed by atoms with E-state index in [9.17, 15) is 18.7 Å². The molecular formula is C20H22ClNO4S. The molecular weight excluding hydrogens is 386 g/mol. The van der Waals surface area contributed by atoms with Crippen LogP contribution in [0.15, 0.2) is 36.4 Å². The summed E-state index contributed by atoms with van der Waals surface area (Å²) < 4.78 is 23.4. The molecule has 1 aliphatic carbocycles. The number of carbonyl (C=O) groups is 1. The summed E-state index contributed by atoms with van der Waals surface area (Å²) in [6.07, 6.45) is 1.94. The number of halogens is 1. The molecule has 3 unspecified atom stereocenters. The van der Waals surface area contributed by atoms with Gasteiger partial charge in [-0.2, -0.15) is 0 Å². The zero-order chi connectivity index (χ0) is 19.7. The number of anilines is 1. The quantitative estimate of drug-likeness (QED) is 0.723. The van der Waals surface area contributed by atoms with Crippen LogP contribution in [-0.2, 0) is 28.9 Å². The molecule has 2 aromatic carbocycles. The lowest BCUT2D eigenvalue weighted by Gasteiger charge is -2.35. The number of rotatable bonds is 5. The molecule has 0 bridgehead atoms. The van der Waals surface area contributed by atoms with Crippen LogP contribution >= 0.6 is 11.6 Å². The summed E-state index contributed by atoms with van der Waals surface area (Å²) in [7, 11) is 0. The number of hydrogen-bond donors (Lipinski definition) is 2. The van der Waals surface area contributed by atoms with Gasteiger partial charge >= 0.3 is 5.97 Å². The van der Waals surface area contributed by atoms with Crippen molar-refractivity contribution in [3.8, 4) is 0 Å². The van der Waals surface area contributed by atoms with E-state index in [0.717, 1.165) is 22.3 Å². The minimum Gasteiger partial charge on any atom is -0.481 e. The van der Waals surface area contributed by atoms with Crippen LogP contribution in [0.25, 0.3) is 0 Å². The van der Waals surface area contributed by atoms with E-state index in [-0.39, 0.29) is 6.04 Å². The van der Waals surface area contributed by atoms with Gasteiger partial charge in [-0.3, -0.25) is 13.7 Å². The van der Waals surface area contributed by atoms with Crippen LogP contribution in [0.5, 0.6) is 0 Å². The SMILES string of the molecule is Cc1ccc2c(c1C(C)C(=O)O)CCC(N(c1ccc(Cl)cc1)S(=O)O)C2. The molecule has 7 heteroatoms. The highest BCUT2D eigenvalue weighted by atomic mass is 35.5. The molecule has 27 heavy (non-hydrogen) atoms. The molecule has 0 aromatic heterocycles. The van der Waals surface area contributed by atoms with Gasteiger partial charge in [0.1, 0.15) is 0 Å². The summed E-state index contributed by atoms with van der Waals surface area (Å²) in [6, 6.07) is 10.7. The van der Waals surface area contributed by atoms with Gasteiger partial charge in [0.05, 0.1) is 11.6 Å². The average molecular weight is 408 g/mol. The third-order valence-electron chi connectivity index (χ3n) is 5.24. The zero-order valence-corrected chi connectivity index (χ0v) is 16.8. The molecule has 0 saturated carbocycles. The van der Waals surface area contributed by atoms with Gasteiger partial charge in [0.2, 0.25) is 0 Å². The largest absolute Gasteiger partial charge is 0.481 e. The first-order valence-electron chi connectivity index (χ1n) is 8.79. The monoisotopic (exact) mass is 407 g/mol. The van der Waals surface area contributed by atoms with Crippen molar-refractivity contribution in [2.75, 3.05) is 4.31 Å². The molecule has 2 aromatic rings. The minimum absolute atomic E-state index is 0.153. The Balaban J connectivity index is 1.95. The molecule has 0 fully saturated rings.